The van der Waals surface area contributed by atoms with E-state index in [2.05, 4.69) is 34.7 Å². The van der Waals surface area contributed by atoms with Crippen LogP contribution in [0.1, 0.15) is 0 Å². The van der Waals surface area contributed by atoms with Gasteiger partial charge >= 0.3 is 0 Å². The second-order valence-electron chi connectivity index (χ2n) is 6.11. The van der Waals surface area contributed by atoms with Crippen LogP contribution in [0.4, 0.5) is 11.6 Å². The third-order valence-electron chi connectivity index (χ3n) is 4.66. The van der Waals surface area contributed by atoms with Gasteiger partial charge in [-0.15, -0.1) is 0 Å². The van der Waals surface area contributed by atoms with Gasteiger partial charge in [0.1, 0.15) is 11.8 Å². The van der Waals surface area contributed by atoms with Gasteiger partial charge in [0.2, 0.25) is 0 Å². The smallest absolute Gasteiger partial charge is 0.182 e. The first kappa shape index (κ1) is 14.1. The van der Waals surface area contributed by atoms with Crippen molar-refractivity contribution in [2.45, 2.75) is 0 Å². The zero-order valence-corrected chi connectivity index (χ0v) is 13.8. The van der Waals surface area contributed by atoms with Crippen molar-refractivity contribution in [3.63, 3.8) is 0 Å². The summed E-state index contributed by atoms with van der Waals surface area (Å²) in [7, 11) is 1.97. The molecule has 25 heavy (non-hydrogen) atoms. The minimum Gasteiger partial charge on any atom is -0.351 e. The molecule has 0 aliphatic carbocycles. The minimum atomic E-state index is 0.735. The van der Waals surface area contributed by atoms with Crippen LogP contribution >= 0.6 is 0 Å². The largest absolute Gasteiger partial charge is 0.351 e. The summed E-state index contributed by atoms with van der Waals surface area (Å²) in [6.07, 6.45) is 10.8. The van der Waals surface area contributed by atoms with Crippen molar-refractivity contribution in [1.82, 2.24) is 33.9 Å². The molecule has 0 atom stereocenters. The zero-order chi connectivity index (χ0) is 16.8. The zero-order valence-electron chi connectivity index (χ0n) is 13.8. The normalized spacial score (nSPS) is 15.4. The fourth-order valence-electron chi connectivity index (χ4n) is 3.39. The third kappa shape index (κ3) is 2.19. The summed E-state index contributed by atoms with van der Waals surface area (Å²) in [4.78, 5) is 26.6. The monoisotopic (exact) mass is 335 g/mol. The van der Waals surface area contributed by atoms with Crippen molar-refractivity contribution in [1.29, 1.82) is 0 Å². The summed E-state index contributed by atoms with van der Waals surface area (Å²) in [5.74, 6) is 1.87. The highest BCUT2D eigenvalue weighted by Gasteiger charge is 2.23. The lowest BCUT2D eigenvalue weighted by molar-refractivity contribution is 0.642. The number of anilines is 2. The maximum atomic E-state index is 4.54. The molecule has 1 aliphatic heterocycles. The van der Waals surface area contributed by atoms with E-state index in [-0.39, 0.29) is 0 Å². The van der Waals surface area contributed by atoms with Crippen LogP contribution < -0.4 is 9.80 Å². The highest BCUT2D eigenvalue weighted by molar-refractivity contribution is 5.83. The number of fused-ring (bicyclic) bond motifs is 2. The molecular weight excluding hydrogens is 318 g/mol. The number of aromatic nitrogens is 7. The van der Waals surface area contributed by atoms with Crippen molar-refractivity contribution in [2.75, 3.05) is 36.0 Å². The minimum absolute atomic E-state index is 0.735. The van der Waals surface area contributed by atoms with Gasteiger partial charge in [-0.1, -0.05) is 0 Å². The molecule has 5 rings (SSSR count). The maximum absolute atomic E-state index is 4.54. The van der Waals surface area contributed by atoms with Crippen LogP contribution in [-0.2, 0) is 7.05 Å². The first-order chi connectivity index (χ1) is 12.3. The number of rotatable bonds is 2. The van der Waals surface area contributed by atoms with Crippen LogP contribution in [0.3, 0.4) is 0 Å². The van der Waals surface area contributed by atoms with E-state index in [1.807, 2.05) is 34.6 Å². The van der Waals surface area contributed by atoms with Crippen molar-refractivity contribution in [3.8, 4) is 0 Å². The van der Waals surface area contributed by atoms with Crippen LogP contribution in [0.15, 0.2) is 37.4 Å². The topological polar surface area (TPSA) is 80.3 Å². The molecule has 9 nitrogen and oxygen atoms in total. The molecule has 1 fully saturated rings. The first-order valence-electron chi connectivity index (χ1n) is 8.21. The van der Waals surface area contributed by atoms with Gasteiger partial charge in [0, 0.05) is 58.0 Å². The van der Waals surface area contributed by atoms with Crippen molar-refractivity contribution < 1.29 is 0 Å². The number of hydrogen-bond acceptors (Lipinski definition) is 7. The van der Waals surface area contributed by atoms with Gasteiger partial charge in [0.05, 0.1) is 6.33 Å². The van der Waals surface area contributed by atoms with Gasteiger partial charge in [-0.25, -0.2) is 24.9 Å². The van der Waals surface area contributed by atoms with Gasteiger partial charge in [0.25, 0.3) is 0 Å². The molecule has 5 heterocycles. The molecule has 0 N–H and O–H groups in total. The third-order valence-corrected chi connectivity index (χ3v) is 4.66. The number of imidazole rings is 2. The number of aryl methyl sites for hydroxylation is 1. The molecule has 4 aromatic rings. The van der Waals surface area contributed by atoms with Crippen LogP contribution in [0.25, 0.3) is 16.8 Å². The molecule has 126 valence electrons. The van der Waals surface area contributed by atoms with Crippen LogP contribution in [-0.4, -0.2) is 60.1 Å². The average molecular weight is 335 g/mol. The Hall–Kier alpha value is -3.23. The molecule has 0 aromatic carbocycles. The molecule has 1 aliphatic rings. The Morgan fingerprint density at radius 1 is 0.800 bits per heavy atom. The van der Waals surface area contributed by atoms with Gasteiger partial charge in [-0.3, -0.25) is 0 Å². The van der Waals surface area contributed by atoms with Crippen molar-refractivity contribution in [3.05, 3.63) is 37.4 Å². The molecule has 0 bridgehead atoms. The highest BCUT2D eigenvalue weighted by atomic mass is 15.3. The Labute approximate surface area is 143 Å². The standard InChI is InChI=1S/C16H17N9/c1-22-11-21-13-12(22)14(20-10-19-13)24-6-8-25(9-7-24)16-15-17-2-4-23(15)5-3-18-16/h2-5,10-11H,6-9H2,1H3. The highest BCUT2D eigenvalue weighted by Crippen LogP contribution is 2.24. The lowest BCUT2D eigenvalue weighted by Crippen LogP contribution is -2.47. The van der Waals surface area contributed by atoms with E-state index < -0.39 is 0 Å². The summed E-state index contributed by atoms with van der Waals surface area (Å²) in [6, 6.07) is 0. The van der Waals surface area contributed by atoms with Gasteiger partial charge in [-0.05, 0) is 0 Å². The summed E-state index contributed by atoms with van der Waals surface area (Å²) in [5.41, 5.74) is 2.61. The van der Waals surface area contributed by atoms with Crippen molar-refractivity contribution >= 4 is 28.4 Å². The Kier molecular flexibility index (Phi) is 3.06. The van der Waals surface area contributed by atoms with Crippen LogP contribution in [0.5, 0.6) is 0 Å². The second-order valence-corrected chi connectivity index (χ2v) is 6.11. The van der Waals surface area contributed by atoms with E-state index in [1.54, 1.807) is 18.9 Å². The molecule has 1 saturated heterocycles. The first-order valence-corrected chi connectivity index (χ1v) is 8.21. The lowest BCUT2D eigenvalue weighted by Gasteiger charge is -2.36. The Bertz CT molecular complexity index is 1040. The van der Waals surface area contributed by atoms with Crippen LogP contribution in [0, 0.1) is 0 Å². The molecule has 9 heteroatoms. The summed E-state index contributed by atoms with van der Waals surface area (Å²) < 4.78 is 3.97. The number of hydrogen-bond donors (Lipinski definition) is 0. The molecule has 0 radical (unpaired) electrons. The summed E-state index contributed by atoms with van der Waals surface area (Å²) >= 11 is 0. The summed E-state index contributed by atoms with van der Waals surface area (Å²) in [5, 5.41) is 0. The second kappa shape index (κ2) is 5.40. The maximum Gasteiger partial charge on any atom is 0.182 e. The number of piperazine rings is 1. The summed E-state index contributed by atoms with van der Waals surface area (Å²) in [6.45, 7) is 3.45. The van der Waals surface area contributed by atoms with Gasteiger partial charge < -0.3 is 18.8 Å². The average Bonchev–Trinajstić information content (AvgIpc) is 3.28. The SMILES string of the molecule is Cn1cnc2ncnc(N3CCN(c4nccn5ccnc45)CC3)c21. The molecule has 4 aromatic heterocycles. The molecule has 0 amide bonds. The number of nitrogens with zero attached hydrogens (tertiary/aromatic N) is 9. The fraction of sp³-hybridized carbons (Fsp3) is 0.312. The van der Waals surface area contributed by atoms with E-state index in [1.165, 1.54) is 0 Å². The van der Waals surface area contributed by atoms with E-state index in [9.17, 15) is 0 Å². The van der Waals surface area contributed by atoms with E-state index >= 15 is 0 Å². The van der Waals surface area contributed by atoms with Gasteiger partial charge in [0.15, 0.2) is 22.9 Å². The predicted molar refractivity (Wildman–Crippen MR) is 93.7 cm³/mol. The molecule has 0 saturated carbocycles. The van der Waals surface area contributed by atoms with E-state index in [0.29, 0.717) is 0 Å². The van der Waals surface area contributed by atoms with E-state index in [4.69, 9.17) is 0 Å². The molecule has 0 unspecified atom stereocenters. The predicted octanol–water partition coefficient (Wildman–Crippen LogP) is 0.733. The Morgan fingerprint density at radius 3 is 2.32 bits per heavy atom. The van der Waals surface area contributed by atoms with Gasteiger partial charge in [-0.2, -0.15) is 0 Å². The molecule has 0 spiro atoms. The van der Waals surface area contributed by atoms with E-state index in [0.717, 1.165) is 54.6 Å². The Balaban J connectivity index is 1.43. The Morgan fingerprint density at radius 2 is 1.52 bits per heavy atom. The lowest BCUT2D eigenvalue weighted by atomic mass is 10.3. The molecular formula is C16H17N9. The fourth-order valence-corrected chi connectivity index (χ4v) is 3.39. The van der Waals surface area contributed by atoms with Crippen LogP contribution in [0.2, 0.25) is 0 Å². The quantitative estimate of drug-likeness (QED) is 0.534. The van der Waals surface area contributed by atoms with Crippen molar-refractivity contribution in [2.24, 2.45) is 7.05 Å².